The largest absolute Gasteiger partial charge is 0.495 e. The molecular weight excluding hydrogens is 669 g/mol. The summed E-state index contributed by atoms with van der Waals surface area (Å²) in [6.07, 6.45) is 3.91. The molecule has 0 spiro atoms. The van der Waals surface area contributed by atoms with E-state index in [4.69, 9.17) is 27.9 Å². The zero-order chi connectivity index (χ0) is 34.3. The van der Waals surface area contributed by atoms with E-state index in [0.717, 1.165) is 41.1 Å². The lowest BCUT2D eigenvalue weighted by atomic mass is 10.0. The van der Waals surface area contributed by atoms with Crippen LogP contribution >= 0.6 is 23.2 Å². The summed E-state index contributed by atoms with van der Waals surface area (Å²) >= 11 is 13.3. The maximum absolute atomic E-state index is 14.8. The average molecular weight is 709 g/mol. The van der Waals surface area contributed by atoms with Gasteiger partial charge in [0.1, 0.15) is 18.3 Å². The SMILES string of the molecule is COc1ccc(C)cc1N(CC(=O)N(Cc1c(Cl)cccc1Cl)C(Cc1ccccc1)C(=O)NC1CCCC1)S(=O)(=O)c1ccccc1. The Labute approximate surface area is 292 Å². The molecule has 1 aliphatic rings. The number of aryl methyl sites for hydroxylation is 1. The van der Waals surface area contributed by atoms with E-state index in [0.29, 0.717) is 15.6 Å². The van der Waals surface area contributed by atoms with Gasteiger partial charge in [-0.15, -0.1) is 0 Å². The minimum Gasteiger partial charge on any atom is -0.495 e. The first-order valence-electron chi connectivity index (χ1n) is 15.9. The van der Waals surface area contributed by atoms with Crippen molar-refractivity contribution in [3.63, 3.8) is 0 Å². The molecule has 4 aromatic rings. The minimum absolute atomic E-state index is 0.00173. The lowest BCUT2D eigenvalue weighted by Gasteiger charge is -2.35. The monoisotopic (exact) mass is 707 g/mol. The molecule has 0 saturated heterocycles. The predicted molar refractivity (Wildman–Crippen MR) is 190 cm³/mol. The highest BCUT2D eigenvalue weighted by atomic mass is 35.5. The maximum atomic E-state index is 14.8. The lowest BCUT2D eigenvalue weighted by molar-refractivity contribution is -0.140. The molecule has 2 amide bonds. The molecule has 1 aliphatic carbocycles. The first-order chi connectivity index (χ1) is 23.1. The molecule has 1 unspecified atom stereocenters. The molecule has 0 bridgehead atoms. The second kappa shape index (κ2) is 15.9. The molecule has 0 radical (unpaired) electrons. The number of hydrogen-bond donors (Lipinski definition) is 1. The topological polar surface area (TPSA) is 96.0 Å². The van der Waals surface area contributed by atoms with Crippen molar-refractivity contribution in [1.29, 1.82) is 0 Å². The number of nitrogens with one attached hydrogen (secondary N) is 1. The van der Waals surface area contributed by atoms with Crippen LogP contribution in [0.2, 0.25) is 10.0 Å². The highest BCUT2D eigenvalue weighted by molar-refractivity contribution is 7.92. The number of ether oxygens (including phenoxy) is 1. The molecule has 1 atom stereocenters. The molecule has 0 aromatic heterocycles. The zero-order valence-electron chi connectivity index (χ0n) is 26.9. The Balaban J connectivity index is 1.63. The fraction of sp³-hybridized carbons (Fsp3) is 0.297. The van der Waals surface area contributed by atoms with Gasteiger partial charge in [0, 0.05) is 34.6 Å². The fourth-order valence-electron chi connectivity index (χ4n) is 6.00. The van der Waals surface area contributed by atoms with Gasteiger partial charge in [-0.05, 0) is 67.3 Å². The molecule has 48 heavy (non-hydrogen) atoms. The maximum Gasteiger partial charge on any atom is 0.264 e. The van der Waals surface area contributed by atoms with E-state index >= 15 is 0 Å². The van der Waals surface area contributed by atoms with Crippen LogP contribution in [0.5, 0.6) is 5.75 Å². The minimum atomic E-state index is -4.29. The van der Waals surface area contributed by atoms with Crippen LogP contribution in [0.1, 0.15) is 42.4 Å². The molecule has 1 fully saturated rings. The van der Waals surface area contributed by atoms with Crippen LogP contribution in [-0.4, -0.2) is 50.9 Å². The molecule has 5 rings (SSSR count). The van der Waals surface area contributed by atoms with Gasteiger partial charge in [0.2, 0.25) is 11.8 Å². The van der Waals surface area contributed by atoms with E-state index in [1.54, 1.807) is 54.6 Å². The predicted octanol–water partition coefficient (Wildman–Crippen LogP) is 7.20. The van der Waals surface area contributed by atoms with Gasteiger partial charge in [0.05, 0.1) is 17.7 Å². The number of benzene rings is 4. The summed E-state index contributed by atoms with van der Waals surface area (Å²) in [7, 11) is -2.85. The number of rotatable bonds is 13. The number of methoxy groups -OCH3 is 1. The third-order valence-corrected chi connectivity index (χ3v) is 11.1. The van der Waals surface area contributed by atoms with Crippen LogP contribution in [0.15, 0.2) is 102 Å². The van der Waals surface area contributed by atoms with E-state index in [1.165, 1.54) is 24.1 Å². The van der Waals surface area contributed by atoms with Crippen LogP contribution < -0.4 is 14.4 Å². The Morgan fingerprint density at radius 1 is 0.896 bits per heavy atom. The number of nitrogens with zero attached hydrogens (tertiary/aromatic N) is 2. The van der Waals surface area contributed by atoms with Crippen molar-refractivity contribution < 1.29 is 22.7 Å². The van der Waals surface area contributed by atoms with Gasteiger partial charge in [-0.2, -0.15) is 0 Å². The highest BCUT2D eigenvalue weighted by Gasteiger charge is 2.37. The zero-order valence-corrected chi connectivity index (χ0v) is 29.3. The van der Waals surface area contributed by atoms with Gasteiger partial charge in [0.25, 0.3) is 10.0 Å². The van der Waals surface area contributed by atoms with Gasteiger partial charge in [-0.25, -0.2) is 8.42 Å². The third-order valence-electron chi connectivity index (χ3n) is 8.58. The molecular formula is C37H39Cl2N3O5S. The molecule has 1 N–H and O–H groups in total. The second-order valence-electron chi connectivity index (χ2n) is 11.9. The summed E-state index contributed by atoms with van der Waals surface area (Å²) in [6.45, 7) is 1.07. The van der Waals surface area contributed by atoms with Crippen molar-refractivity contribution >= 4 is 50.7 Å². The number of carbonyl (C=O) groups is 2. The molecule has 252 valence electrons. The Morgan fingerprint density at radius 3 is 2.15 bits per heavy atom. The first kappa shape index (κ1) is 35.3. The molecule has 4 aromatic carbocycles. The van der Waals surface area contributed by atoms with Gasteiger partial charge in [-0.1, -0.05) is 96.7 Å². The van der Waals surface area contributed by atoms with Crippen molar-refractivity contribution in [3.8, 4) is 5.75 Å². The summed E-state index contributed by atoms with van der Waals surface area (Å²) < 4.78 is 35.3. The van der Waals surface area contributed by atoms with E-state index in [1.807, 2.05) is 37.3 Å². The lowest BCUT2D eigenvalue weighted by Crippen LogP contribution is -2.54. The van der Waals surface area contributed by atoms with Crippen LogP contribution in [-0.2, 0) is 32.6 Å². The Bertz CT molecular complexity index is 1810. The van der Waals surface area contributed by atoms with Crippen LogP contribution in [0.25, 0.3) is 0 Å². The first-order valence-corrected chi connectivity index (χ1v) is 18.1. The number of anilines is 1. The Kier molecular flexibility index (Phi) is 11.7. The summed E-state index contributed by atoms with van der Waals surface area (Å²) in [5.41, 5.74) is 2.25. The molecule has 11 heteroatoms. The van der Waals surface area contributed by atoms with Crippen LogP contribution in [0, 0.1) is 6.92 Å². The summed E-state index contributed by atoms with van der Waals surface area (Å²) in [5, 5.41) is 3.81. The average Bonchev–Trinajstić information content (AvgIpc) is 3.60. The van der Waals surface area contributed by atoms with Gasteiger partial charge < -0.3 is 15.0 Å². The van der Waals surface area contributed by atoms with Gasteiger partial charge in [-0.3, -0.25) is 13.9 Å². The van der Waals surface area contributed by atoms with Crippen molar-refractivity contribution in [2.75, 3.05) is 18.0 Å². The van der Waals surface area contributed by atoms with E-state index < -0.39 is 28.5 Å². The van der Waals surface area contributed by atoms with Gasteiger partial charge in [0.15, 0.2) is 0 Å². The highest BCUT2D eigenvalue weighted by Crippen LogP contribution is 2.34. The van der Waals surface area contributed by atoms with Crippen molar-refractivity contribution in [3.05, 3.63) is 124 Å². The Morgan fingerprint density at radius 2 is 1.52 bits per heavy atom. The number of amides is 2. The number of hydrogen-bond acceptors (Lipinski definition) is 5. The normalized spacial score (nSPS) is 13.9. The number of carbonyl (C=O) groups excluding carboxylic acids is 2. The fourth-order valence-corrected chi connectivity index (χ4v) is 7.96. The number of halogens is 2. The van der Waals surface area contributed by atoms with E-state index in [9.17, 15) is 18.0 Å². The summed E-state index contributed by atoms with van der Waals surface area (Å²) in [6, 6.07) is 26.5. The Hall–Kier alpha value is -4.05. The molecule has 0 aliphatic heterocycles. The van der Waals surface area contributed by atoms with Crippen LogP contribution in [0.3, 0.4) is 0 Å². The van der Waals surface area contributed by atoms with Crippen molar-refractivity contribution in [1.82, 2.24) is 10.2 Å². The third kappa shape index (κ3) is 8.32. The molecule has 1 saturated carbocycles. The second-order valence-corrected chi connectivity index (χ2v) is 14.6. The quantitative estimate of drug-likeness (QED) is 0.159. The van der Waals surface area contributed by atoms with E-state index in [-0.39, 0.29) is 41.2 Å². The summed E-state index contributed by atoms with van der Waals surface area (Å²) in [5.74, 6) is -0.669. The van der Waals surface area contributed by atoms with Crippen molar-refractivity contribution in [2.45, 2.75) is 62.6 Å². The smallest absolute Gasteiger partial charge is 0.264 e. The summed E-state index contributed by atoms with van der Waals surface area (Å²) in [4.78, 5) is 30.4. The molecule has 0 heterocycles. The van der Waals surface area contributed by atoms with E-state index in [2.05, 4.69) is 5.32 Å². The standard InChI is InChI=1S/C37H39Cl2N3O5S/c1-26-20-21-35(47-2)33(22-26)42(48(45,46)29-16-7-4-8-17-29)25-36(43)41(24-30-31(38)18-11-19-32(30)39)34(23-27-12-5-3-6-13-27)37(44)40-28-14-9-10-15-28/h3-8,11-13,16-22,28,34H,9-10,14-15,23-25H2,1-2H3,(H,40,44). The van der Waals surface area contributed by atoms with Crippen LogP contribution in [0.4, 0.5) is 5.69 Å². The van der Waals surface area contributed by atoms with Gasteiger partial charge >= 0.3 is 0 Å². The molecule has 8 nitrogen and oxygen atoms in total. The van der Waals surface area contributed by atoms with Crippen molar-refractivity contribution in [2.24, 2.45) is 0 Å². The number of sulfonamides is 1.